The largest absolute Gasteiger partial charge is 0.309 e. The Labute approximate surface area is 85.3 Å². The van der Waals surface area contributed by atoms with E-state index in [1.165, 1.54) is 12.8 Å². The standard InChI is InChI=1S/C10H18N2S/c1-12(2)6-7-13-10-5-3-4-9(10)8-11/h9-10H,3-7H2,1-2H3. The van der Waals surface area contributed by atoms with E-state index in [9.17, 15) is 0 Å². The number of hydrogen-bond acceptors (Lipinski definition) is 3. The van der Waals surface area contributed by atoms with Crippen LogP contribution in [-0.4, -0.2) is 36.5 Å². The molecule has 0 aromatic rings. The number of rotatable bonds is 4. The predicted molar refractivity (Wildman–Crippen MR) is 57.8 cm³/mol. The van der Waals surface area contributed by atoms with Gasteiger partial charge in [0.2, 0.25) is 0 Å². The Hall–Kier alpha value is -0.200. The molecule has 1 aliphatic carbocycles. The second kappa shape index (κ2) is 5.51. The third-order valence-electron chi connectivity index (χ3n) is 2.49. The van der Waals surface area contributed by atoms with Crippen molar-refractivity contribution in [1.29, 1.82) is 5.26 Å². The minimum absolute atomic E-state index is 0.326. The average molecular weight is 198 g/mol. The van der Waals surface area contributed by atoms with Crippen LogP contribution in [0.1, 0.15) is 19.3 Å². The van der Waals surface area contributed by atoms with Gasteiger partial charge in [-0.1, -0.05) is 6.42 Å². The van der Waals surface area contributed by atoms with Crippen LogP contribution < -0.4 is 0 Å². The first-order valence-electron chi connectivity index (χ1n) is 4.90. The van der Waals surface area contributed by atoms with Gasteiger partial charge in [-0.25, -0.2) is 0 Å². The topological polar surface area (TPSA) is 27.0 Å². The van der Waals surface area contributed by atoms with Crippen LogP contribution in [0.2, 0.25) is 0 Å². The van der Waals surface area contributed by atoms with E-state index in [2.05, 4.69) is 25.1 Å². The van der Waals surface area contributed by atoms with Crippen molar-refractivity contribution >= 4 is 11.8 Å². The molecule has 0 radical (unpaired) electrons. The summed E-state index contributed by atoms with van der Waals surface area (Å²) >= 11 is 1.98. The van der Waals surface area contributed by atoms with E-state index in [4.69, 9.17) is 5.26 Å². The number of hydrogen-bond donors (Lipinski definition) is 0. The molecule has 1 fully saturated rings. The Bertz CT molecular complexity index is 186. The first-order chi connectivity index (χ1) is 6.24. The molecule has 13 heavy (non-hydrogen) atoms. The summed E-state index contributed by atoms with van der Waals surface area (Å²) < 4.78 is 0. The molecule has 0 heterocycles. The van der Waals surface area contributed by atoms with Crippen molar-refractivity contribution in [2.24, 2.45) is 5.92 Å². The zero-order valence-electron chi connectivity index (χ0n) is 8.49. The molecule has 2 nitrogen and oxygen atoms in total. The lowest BCUT2D eigenvalue weighted by molar-refractivity contribution is 0.437. The van der Waals surface area contributed by atoms with Crippen molar-refractivity contribution in [3.8, 4) is 6.07 Å². The molecule has 0 amide bonds. The SMILES string of the molecule is CN(C)CCSC1CCCC1C#N. The average Bonchev–Trinajstić information content (AvgIpc) is 2.51. The Morgan fingerprint density at radius 1 is 1.46 bits per heavy atom. The molecule has 1 aliphatic rings. The Morgan fingerprint density at radius 3 is 2.85 bits per heavy atom. The number of nitrogens with zero attached hydrogens (tertiary/aromatic N) is 2. The summed E-state index contributed by atoms with van der Waals surface area (Å²) in [6, 6.07) is 2.42. The quantitative estimate of drug-likeness (QED) is 0.691. The Kier molecular flexibility index (Phi) is 4.61. The van der Waals surface area contributed by atoms with Crippen molar-refractivity contribution in [3.05, 3.63) is 0 Å². The molecule has 0 N–H and O–H groups in total. The van der Waals surface area contributed by atoms with Crippen molar-refractivity contribution in [2.45, 2.75) is 24.5 Å². The lowest BCUT2D eigenvalue weighted by Gasteiger charge is -2.14. The lowest BCUT2D eigenvalue weighted by atomic mass is 10.1. The van der Waals surface area contributed by atoms with Gasteiger partial charge < -0.3 is 4.90 Å². The van der Waals surface area contributed by atoms with E-state index in [1.807, 2.05) is 11.8 Å². The van der Waals surface area contributed by atoms with Crippen LogP contribution >= 0.6 is 11.8 Å². The summed E-state index contributed by atoms with van der Waals surface area (Å²) in [7, 11) is 4.19. The van der Waals surface area contributed by atoms with Crippen LogP contribution in [0.3, 0.4) is 0 Å². The van der Waals surface area contributed by atoms with Crippen LogP contribution in [0.15, 0.2) is 0 Å². The van der Waals surface area contributed by atoms with Crippen molar-refractivity contribution in [2.75, 3.05) is 26.4 Å². The monoisotopic (exact) mass is 198 g/mol. The summed E-state index contributed by atoms with van der Waals surface area (Å²) in [4.78, 5) is 2.20. The maximum absolute atomic E-state index is 8.87. The summed E-state index contributed by atoms with van der Waals surface area (Å²) in [5, 5.41) is 9.49. The van der Waals surface area contributed by atoms with E-state index in [0.717, 1.165) is 18.7 Å². The Balaban J connectivity index is 2.17. The summed E-state index contributed by atoms with van der Waals surface area (Å²) in [6.07, 6.45) is 3.62. The van der Waals surface area contributed by atoms with E-state index in [0.29, 0.717) is 11.2 Å². The van der Waals surface area contributed by atoms with E-state index in [-0.39, 0.29) is 0 Å². The van der Waals surface area contributed by atoms with Crippen LogP contribution in [0.25, 0.3) is 0 Å². The molecule has 0 saturated heterocycles. The van der Waals surface area contributed by atoms with Crippen molar-refractivity contribution in [3.63, 3.8) is 0 Å². The van der Waals surface area contributed by atoms with E-state index >= 15 is 0 Å². The van der Waals surface area contributed by atoms with Gasteiger partial charge in [0.1, 0.15) is 0 Å². The van der Waals surface area contributed by atoms with Gasteiger partial charge in [-0.2, -0.15) is 17.0 Å². The predicted octanol–water partition coefficient (Wildman–Crippen LogP) is 1.97. The molecular formula is C10H18N2S. The van der Waals surface area contributed by atoms with Gasteiger partial charge in [0, 0.05) is 17.5 Å². The molecular weight excluding hydrogens is 180 g/mol. The van der Waals surface area contributed by atoms with Gasteiger partial charge in [-0.05, 0) is 26.9 Å². The first-order valence-corrected chi connectivity index (χ1v) is 5.95. The van der Waals surface area contributed by atoms with Gasteiger partial charge in [0.25, 0.3) is 0 Å². The van der Waals surface area contributed by atoms with Crippen LogP contribution in [0.5, 0.6) is 0 Å². The zero-order valence-corrected chi connectivity index (χ0v) is 9.31. The second-order valence-corrected chi connectivity index (χ2v) is 5.23. The Morgan fingerprint density at radius 2 is 2.23 bits per heavy atom. The van der Waals surface area contributed by atoms with Gasteiger partial charge in [0.05, 0.1) is 12.0 Å². The maximum atomic E-state index is 8.87. The highest BCUT2D eigenvalue weighted by atomic mass is 32.2. The maximum Gasteiger partial charge on any atom is 0.0667 e. The van der Waals surface area contributed by atoms with Crippen LogP contribution in [0, 0.1) is 17.2 Å². The second-order valence-electron chi connectivity index (χ2n) is 3.88. The lowest BCUT2D eigenvalue weighted by Crippen LogP contribution is -2.17. The van der Waals surface area contributed by atoms with Crippen molar-refractivity contribution < 1.29 is 0 Å². The molecule has 2 atom stereocenters. The normalized spacial score (nSPS) is 27.8. The summed E-state index contributed by atoms with van der Waals surface area (Å²) in [5.74, 6) is 1.49. The highest BCUT2D eigenvalue weighted by Crippen LogP contribution is 2.34. The number of thioether (sulfide) groups is 1. The fraction of sp³-hybridized carbons (Fsp3) is 0.900. The third-order valence-corrected chi connectivity index (χ3v) is 3.90. The number of nitriles is 1. The minimum atomic E-state index is 0.326. The molecule has 0 aliphatic heterocycles. The zero-order chi connectivity index (χ0) is 9.68. The van der Waals surface area contributed by atoms with Crippen LogP contribution in [0.4, 0.5) is 0 Å². The molecule has 74 valence electrons. The molecule has 0 aromatic carbocycles. The third kappa shape index (κ3) is 3.58. The minimum Gasteiger partial charge on any atom is -0.309 e. The molecule has 2 unspecified atom stereocenters. The molecule has 0 bridgehead atoms. The highest BCUT2D eigenvalue weighted by Gasteiger charge is 2.26. The van der Waals surface area contributed by atoms with Crippen LogP contribution in [-0.2, 0) is 0 Å². The van der Waals surface area contributed by atoms with Gasteiger partial charge in [-0.15, -0.1) is 0 Å². The summed E-state index contributed by atoms with van der Waals surface area (Å²) in [5.41, 5.74) is 0. The summed E-state index contributed by atoms with van der Waals surface area (Å²) in [6.45, 7) is 1.12. The molecule has 0 aromatic heterocycles. The molecule has 3 heteroatoms. The molecule has 0 spiro atoms. The van der Waals surface area contributed by atoms with Gasteiger partial charge in [0.15, 0.2) is 0 Å². The fourth-order valence-corrected chi connectivity index (χ4v) is 3.20. The van der Waals surface area contributed by atoms with E-state index in [1.54, 1.807) is 0 Å². The first kappa shape index (κ1) is 10.9. The van der Waals surface area contributed by atoms with E-state index < -0.39 is 0 Å². The smallest absolute Gasteiger partial charge is 0.0667 e. The van der Waals surface area contributed by atoms with Gasteiger partial charge in [-0.3, -0.25) is 0 Å². The molecule has 1 saturated carbocycles. The van der Waals surface area contributed by atoms with Crippen molar-refractivity contribution in [1.82, 2.24) is 4.90 Å². The fourth-order valence-electron chi connectivity index (χ4n) is 1.66. The van der Waals surface area contributed by atoms with Gasteiger partial charge >= 0.3 is 0 Å². The molecule has 1 rings (SSSR count). The highest BCUT2D eigenvalue weighted by molar-refractivity contribution is 7.99.